The molecule has 0 aromatic heterocycles. The second-order valence-electron chi connectivity index (χ2n) is 5.19. The van der Waals surface area contributed by atoms with Gasteiger partial charge in [0.15, 0.2) is 0 Å². The Morgan fingerprint density at radius 2 is 1.93 bits per heavy atom. The third-order valence-corrected chi connectivity index (χ3v) is 4.19. The van der Waals surface area contributed by atoms with Crippen molar-refractivity contribution >= 4 is 5.78 Å². The van der Waals surface area contributed by atoms with Crippen LogP contribution in [-0.4, -0.2) is 30.3 Å². The van der Waals surface area contributed by atoms with Crippen molar-refractivity contribution < 1.29 is 4.79 Å². The number of nitrogens with zero attached hydrogens (tertiary/aromatic N) is 1. The Balaban J connectivity index is 1.82. The summed E-state index contributed by atoms with van der Waals surface area (Å²) in [6.07, 6.45) is 4.86. The highest BCUT2D eigenvalue weighted by atomic mass is 16.1. The summed E-state index contributed by atoms with van der Waals surface area (Å²) in [4.78, 5) is 13.7. The topological polar surface area (TPSA) is 20.3 Å². The number of Topliss-reactive ketones (excluding diaryl/α,β-unsaturated/α-hetero) is 1. The molecule has 0 aromatic carbocycles. The average Bonchev–Trinajstić information content (AvgIpc) is 2.14. The molecule has 2 rings (SSSR count). The van der Waals surface area contributed by atoms with Gasteiger partial charge in [0.25, 0.3) is 0 Å². The van der Waals surface area contributed by atoms with Crippen molar-refractivity contribution in [2.75, 3.05) is 19.6 Å². The minimum absolute atomic E-state index is 0.385. The highest BCUT2D eigenvalue weighted by Gasteiger charge is 2.44. The molecule has 1 aliphatic carbocycles. The van der Waals surface area contributed by atoms with E-state index in [-0.39, 0.29) is 0 Å². The molecule has 2 aliphatic rings. The Hall–Kier alpha value is -0.370. The van der Waals surface area contributed by atoms with Crippen molar-refractivity contribution in [1.82, 2.24) is 4.90 Å². The van der Waals surface area contributed by atoms with Gasteiger partial charge in [0.05, 0.1) is 0 Å². The number of ketones is 1. The highest BCUT2D eigenvalue weighted by molar-refractivity contribution is 5.78. The van der Waals surface area contributed by atoms with Crippen molar-refractivity contribution in [2.24, 2.45) is 11.3 Å². The van der Waals surface area contributed by atoms with Gasteiger partial charge in [-0.05, 0) is 44.6 Å². The van der Waals surface area contributed by atoms with Crippen molar-refractivity contribution in [3.8, 4) is 0 Å². The van der Waals surface area contributed by atoms with Crippen LogP contribution in [0, 0.1) is 11.3 Å². The molecule has 80 valence electrons. The fourth-order valence-corrected chi connectivity index (χ4v) is 3.08. The SMILES string of the molecule is CCN1CC2(CCC(C(C)=O)CC2)C1. The van der Waals surface area contributed by atoms with Gasteiger partial charge in [-0.25, -0.2) is 0 Å². The Bertz CT molecular complexity index is 220. The largest absolute Gasteiger partial charge is 0.302 e. The van der Waals surface area contributed by atoms with Gasteiger partial charge in [-0.1, -0.05) is 6.92 Å². The Morgan fingerprint density at radius 1 is 1.36 bits per heavy atom. The summed E-state index contributed by atoms with van der Waals surface area (Å²) in [5.41, 5.74) is 0.613. The molecule has 1 aliphatic heterocycles. The molecule has 0 amide bonds. The molecule has 0 radical (unpaired) electrons. The van der Waals surface area contributed by atoms with Gasteiger partial charge in [-0.3, -0.25) is 4.79 Å². The highest BCUT2D eigenvalue weighted by Crippen LogP contribution is 2.45. The minimum atomic E-state index is 0.385. The fourth-order valence-electron chi connectivity index (χ4n) is 3.08. The van der Waals surface area contributed by atoms with Crippen LogP contribution in [0.4, 0.5) is 0 Å². The number of likely N-dealkylation sites (tertiary alicyclic amines) is 1. The van der Waals surface area contributed by atoms with Crippen molar-refractivity contribution in [2.45, 2.75) is 39.5 Å². The van der Waals surface area contributed by atoms with Gasteiger partial charge >= 0.3 is 0 Å². The van der Waals surface area contributed by atoms with Crippen LogP contribution >= 0.6 is 0 Å². The van der Waals surface area contributed by atoms with E-state index in [1.165, 1.54) is 32.5 Å². The second-order valence-corrected chi connectivity index (χ2v) is 5.19. The first-order valence-electron chi connectivity index (χ1n) is 5.88. The van der Waals surface area contributed by atoms with E-state index >= 15 is 0 Å². The normalized spacial score (nSPS) is 27.6. The van der Waals surface area contributed by atoms with Crippen LogP contribution < -0.4 is 0 Å². The zero-order chi connectivity index (χ0) is 10.2. The third-order valence-electron chi connectivity index (χ3n) is 4.19. The van der Waals surface area contributed by atoms with Crippen molar-refractivity contribution in [1.29, 1.82) is 0 Å². The number of carbonyl (C=O) groups is 1. The summed E-state index contributed by atoms with van der Waals surface area (Å²) in [5, 5.41) is 0. The van der Waals surface area contributed by atoms with E-state index in [2.05, 4.69) is 11.8 Å². The van der Waals surface area contributed by atoms with Crippen LogP contribution in [0.1, 0.15) is 39.5 Å². The van der Waals surface area contributed by atoms with Crippen LogP contribution in [0.5, 0.6) is 0 Å². The predicted molar refractivity (Wildman–Crippen MR) is 57.2 cm³/mol. The van der Waals surface area contributed by atoms with Crippen LogP contribution in [0.2, 0.25) is 0 Å². The lowest BCUT2D eigenvalue weighted by molar-refractivity contribution is -0.124. The molecule has 1 saturated heterocycles. The molecule has 14 heavy (non-hydrogen) atoms. The minimum Gasteiger partial charge on any atom is -0.302 e. The summed E-state index contributed by atoms with van der Waals surface area (Å²) in [7, 11) is 0. The monoisotopic (exact) mass is 195 g/mol. The molecule has 0 unspecified atom stereocenters. The van der Waals surface area contributed by atoms with Crippen LogP contribution in [0.3, 0.4) is 0 Å². The second kappa shape index (κ2) is 3.65. The smallest absolute Gasteiger partial charge is 0.132 e. The molecule has 1 spiro atoms. The third kappa shape index (κ3) is 1.72. The van der Waals surface area contributed by atoms with Crippen LogP contribution in [0.25, 0.3) is 0 Å². The molecule has 1 heterocycles. The molecule has 0 atom stereocenters. The first-order valence-corrected chi connectivity index (χ1v) is 5.88. The lowest BCUT2D eigenvalue weighted by Crippen LogP contribution is -2.57. The van der Waals surface area contributed by atoms with Gasteiger partial charge in [-0.2, -0.15) is 0 Å². The van der Waals surface area contributed by atoms with Crippen molar-refractivity contribution in [3.63, 3.8) is 0 Å². The standard InChI is InChI=1S/C12H21NO/c1-3-13-8-12(9-13)6-4-11(5-7-12)10(2)14/h11H,3-9H2,1-2H3. The van der Waals surface area contributed by atoms with E-state index in [1.807, 2.05) is 0 Å². The maximum absolute atomic E-state index is 11.2. The predicted octanol–water partition coefficient (Wildman–Crippen LogP) is 2.09. The van der Waals surface area contributed by atoms with E-state index in [0.29, 0.717) is 17.1 Å². The van der Waals surface area contributed by atoms with Gasteiger partial charge in [-0.15, -0.1) is 0 Å². The Kier molecular flexibility index (Phi) is 2.65. The molecular formula is C12H21NO. The summed E-state index contributed by atoms with van der Waals surface area (Å²) in [6.45, 7) is 7.75. The quantitative estimate of drug-likeness (QED) is 0.672. The van der Waals surface area contributed by atoms with E-state index in [0.717, 1.165) is 12.8 Å². The summed E-state index contributed by atoms with van der Waals surface area (Å²) in [6, 6.07) is 0. The molecule has 0 N–H and O–H groups in total. The zero-order valence-corrected chi connectivity index (χ0v) is 9.38. The van der Waals surface area contributed by atoms with E-state index < -0.39 is 0 Å². The molecule has 2 fully saturated rings. The number of rotatable bonds is 2. The first kappa shape index (κ1) is 10.2. The lowest BCUT2D eigenvalue weighted by atomic mass is 9.65. The fraction of sp³-hybridized carbons (Fsp3) is 0.917. The lowest BCUT2D eigenvalue weighted by Gasteiger charge is -2.53. The molecule has 1 saturated carbocycles. The maximum Gasteiger partial charge on any atom is 0.132 e. The van der Waals surface area contributed by atoms with Gasteiger partial charge in [0.2, 0.25) is 0 Å². The van der Waals surface area contributed by atoms with Crippen molar-refractivity contribution in [3.05, 3.63) is 0 Å². The van der Waals surface area contributed by atoms with E-state index in [1.54, 1.807) is 6.92 Å². The van der Waals surface area contributed by atoms with Gasteiger partial charge in [0, 0.05) is 19.0 Å². The number of carbonyl (C=O) groups excluding carboxylic acids is 1. The summed E-state index contributed by atoms with van der Waals surface area (Å²) >= 11 is 0. The maximum atomic E-state index is 11.2. The molecule has 2 heteroatoms. The Labute approximate surface area is 86.7 Å². The molecule has 0 aromatic rings. The van der Waals surface area contributed by atoms with Gasteiger partial charge in [0.1, 0.15) is 5.78 Å². The summed E-state index contributed by atoms with van der Waals surface area (Å²) < 4.78 is 0. The van der Waals surface area contributed by atoms with Gasteiger partial charge < -0.3 is 4.90 Å². The first-order chi connectivity index (χ1) is 6.65. The van der Waals surface area contributed by atoms with E-state index in [4.69, 9.17) is 0 Å². The summed E-state index contributed by atoms with van der Waals surface area (Å²) in [5.74, 6) is 0.794. The molecule has 0 bridgehead atoms. The average molecular weight is 195 g/mol. The number of hydrogen-bond donors (Lipinski definition) is 0. The van der Waals surface area contributed by atoms with E-state index in [9.17, 15) is 4.79 Å². The Morgan fingerprint density at radius 3 is 2.36 bits per heavy atom. The zero-order valence-electron chi connectivity index (χ0n) is 9.38. The molecule has 2 nitrogen and oxygen atoms in total. The number of hydrogen-bond acceptors (Lipinski definition) is 2. The molecular weight excluding hydrogens is 174 g/mol. The van der Waals surface area contributed by atoms with Crippen LogP contribution in [-0.2, 0) is 4.79 Å². The van der Waals surface area contributed by atoms with Crippen LogP contribution in [0.15, 0.2) is 0 Å².